The van der Waals surface area contributed by atoms with Gasteiger partial charge in [0.05, 0.1) is 12.7 Å². The molecule has 2 N–H and O–H groups in total. The number of rotatable bonds is 4. The third-order valence-corrected chi connectivity index (χ3v) is 1.96. The number of carboxylic acids is 1. The Morgan fingerprint density at radius 1 is 1.44 bits per heavy atom. The Morgan fingerprint density at radius 3 is 2.62 bits per heavy atom. The number of methoxy groups -OCH3 is 1. The van der Waals surface area contributed by atoms with Crippen LogP contribution in [0.25, 0.3) is 6.08 Å². The van der Waals surface area contributed by atoms with Gasteiger partial charge in [-0.25, -0.2) is 4.79 Å². The lowest BCUT2D eigenvalue weighted by Crippen LogP contribution is -1.93. The zero-order valence-electron chi connectivity index (χ0n) is 8.51. The number of hydrogen-bond donors (Lipinski definition) is 2. The summed E-state index contributed by atoms with van der Waals surface area (Å²) in [7, 11) is 1.36. The van der Waals surface area contributed by atoms with Crippen LogP contribution in [0.15, 0.2) is 18.2 Å². The van der Waals surface area contributed by atoms with Crippen LogP contribution in [0.4, 0.5) is 0 Å². The van der Waals surface area contributed by atoms with E-state index in [2.05, 4.69) is 0 Å². The van der Waals surface area contributed by atoms with Crippen molar-refractivity contribution in [3.63, 3.8) is 0 Å². The first-order valence-electron chi connectivity index (χ1n) is 4.36. The minimum Gasteiger partial charge on any atom is -0.504 e. The highest BCUT2D eigenvalue weighted by molar-refractivity contribution is 5.91. The van der Waals surface area contributed by atoms with Crippen molar-refractivity contribution in [1.29, 1.82) is 0 Å². The number of aldehydes is 1. The molecule has 0 aromatic heterocycles. The van der Waals surface area contributed by atoms with E-state index in [1.807, 2.05) is 0 Å². The zero-order valence-corrected chi connectivity index (χ0v) is 8.51. The van der Waals surface area contributed by atoms with Gasteiger partial charge in [-0.3, -0.25) is 4.79 Å². The van der Waals surface area contributed by atoms with E-state index >= 15 is 0 Å². The van der Waals surface area contributed by atoms with Crippen molar-refractivity contribution in [2.75, 3.05) is 7.11 Å². The largest absolute Gasteiger partial charge is 0.504 e. The lowest BCUT2D eigenvalue weighted by Gasteiger charge is -2.07. The van der Waals surface area contributed by atoms with Crippen LogP contribution in [0.1, 0.15) is 15.9 Å². The van der Waals surface area contributed by atoms with E-state index in [0.717, 1.165) is 6.08 Å². The van der Waals surface area contributed by atoms with Crippen LogP contribution in [-0.4, -0.2) is 29.6 Å². The number of benzene rings is 1. The first kappa shape index (κ1) is 11.8. The van der Waals surface area contributed by atoms with Crippen LogP contribution >= 0.6 is 0 Å². The standard InChI is InChI=1S/C11H10O5/c1-16-9-4-2-7(3-5-10(13)14)8(6-12)11(9)15/h2-6,15H,1H3,(H,13,14). The van der Waals surface area contributed by atoms with E-state index in [0.29, 0.717) is 11.8 Å². The van der Waals surface area contributed by atoms with E-state index in [-0.39, 0.29) is 17.1 Å². The molecule has 5 heteroatoms. The van der Waals surface area contributed by atoms with Crippen LogP contribution in [0.5, 0.6) is 11.5 Å². The molecule has 0 aliphatic carbocycles. The summed E-state index contributed by atoms with van der Waals surface area (Å²) in [5.74, 6) is -1.27. The third kappa shape index (κ3) is 2.38. The van der Waals surface area contributed by atoms with E-state index in [1.54, 1.807) is 0 Å². The number of carbonyl (C=O) groups is 2. The molecule has 84 valence electrons. The zero-order chi connectivity index (χ0) is 12.1. The Hall–Kier alpha value is -2.30. The third-order valence-electron chi connectivity index (χ3n) is 1.96. The van der Waals surface area contributed by atoms with Gasteiger partial charge in [-0.2, -0.15) is 0 Å². The Labute approximate surface area is 91.6 Å². The predicted molar refractivity (Wildman–Crippen MR) is 56.7 cm³/mol. The number of carbonyl (C=O) groups excluding carboxylic acids is 1. The van der Waals surface area contributed by atoms with Crippen molar-refractivity contribution in [3.05, 3.63) is 29.3 Å². The quantitative estimate of drug-likeness (QED) is 0.592. The first-order valence-corrected chi connectivity index (χ1v) is 4.36. The Balaban J connectivity index is 3.26. The lowest BCUT2D eigenvalue weighted by molar-refractivity contribution is -0.131. The molecular formula is C11H10O5. The fourth-order valence-electron chi connectivity index (χ4n) is 1.20. The molecule has 0 aliphatic heterocycles. The van der Waals surface area contributed by atoms with Crippen LogP contribution in [-0.2, 0) is 4.79 Å². The molecule has 1 aromatic rings. The summed E-state index contributed by atoms with van der Waals surface area (Å²) in [5, 5.41) is 18.0. The maximum atomic E-state index is 10.8. The summed E-state index contributed by atoms with van der Waals surface area (Å²) in [6.45, 7) is 0. The normalized spacial score (nSPS) is 10.3. The molecule has 0 fully saturated rings. The van der Waals surface area contributed by atoms with Gasteiger partial charge in [-0.1, -0.05) is 6.07 Å². The second-order valence-electron chi connectivity index (χ2n) is 2.91. The van der Waals surface area contributed by atoms with Crippen molar-refractivity contribution in [1.82, 2.24) is 0 Å². The molecule has 1 rings (SSSR count). The van der Waals surface area contributed by atoms with Gasteiger partial charge in [-0.15, -0.1) is 0 Å². The van der Waals surface area contributed by atoms with Gasteiger partial charge >= 0.3 is 5.97 Å². The average Bonchev–Trinajstić information content (AvgIpc) is 2.26. The fourth-order valence-corrected chi connectivity index (χ4v) is 1.20. The van der Waals surface area contributed by atoms with Crippen molar-refractivity contribution < 1.29 is 24.5 Å². The molecule has 0 unspecified atom stereocenters. The Morgan fingerprint density at radius 2 is 2.12 bits per heavy atom. The van der Waals surface area contributed by atoms with Gasteiger partial charge in [0.2, 0.25) is 0 Å². The molecule has 0 radical (unpaired) electrons. The van der Waals surface area contributed by atoms with Gasteiger partial charge in [0.25, 0.3) is 0 Å². The SMILES string of the molecule is COc1ccc(C=CC(=O)O)c(C=O)c1O. The summed E-state index contributed by atoms with van der Waals surface area (Å²) >= 11 is 0. The van der Waals surface area contributed by atoms with E-state index in [1.165, 1.54) is 25.3 Å². The van der Waals surface area contributed by atoms with Crippen LogP contribution in [0.2, 0.25) is 0 Å². The summed E-state index contributed by atoms with van der Waals surface area (Å²) in [4.78, 5) is 21.1. The minimum atomic E-state index is -1.13. The second kappa shape index (κ2) is 4.97. The van der Waals surface area contributed by atoms with Gasteiger partial charge in [0.15, 0.2) is 17.8 Å². The van der Waals surface area contributed by atoms with Crippen molar-refractivity contribution in [3.8, 4) is 11.5 Å². The summed E-state index contributed by atoms with van der Waals surface area (Å²) in [5.41, 5.74) is 0.313. The number of aliphatic carboxylic acids is 1. The number of phenols is 1. The average molecular weight is 222 g/mol. The van der Waals surface area contributed by atoms with Gasteiger partial charge in [0, 0.05) is 6.08 Å². The first-order chi connectivity index (χ1) is 7.60. The molecule has 0 atom stereocenters. The second-order valence-corrected chi connectivity index (χ2v) is 2.91. The molecule has 0 amide bonds. The van der Waals surface area contributed by atoms with E-state index in [4.69, 9.17) is 9.84 Å². The van der Waals surface area contributed by atoms with Crippen LogP contribution in [0, 0.1) is 0 Å². The van der Waals surface area contributed by atoms with Crippen molar-refractivity contribution in [2.24, 2.45) is 0 Å². The van der Waals surface area contributed by atoms with Gasteiger partial charge in [0.1, 0.15) is 0 Å². The fraction of sp³-hybridized carbons (Fsp3) is 0.0909. The van der Waals surface area contributed by atoms with Crippen molar-refractivity contribution >= 4 is 18.3 Å². The number of aromatic hydroxyl groups is 1. The van der Waals surface area contributed by atoms with E-state index < -0.39 is 5.97 Å². The molecule has 5 nitrogen and oxygen atoms in total. The van der Waals surface area contributed by atoms with Crippen molar-refractivity contribution in [2.45, 2.75) is 0 Å². The van der Waals surface area contributed by atoms with E-state index in [9.17, 15) is 14.7 Å². The summed E-state index contributed by atoms with van der Waals surface area (Å²) in [6, 6.07) is 2.94. The highest BCUT2D eigenvalue weighted by atomic mass is 16.5. The van der Waals surface area contributed by atoms with Crippen LogP contribution < -0.4 is 4.74 Å². The number of hydrogen-bond acceptors (Lipinski definition) is 4. The molecule has 0 heterocycles. The monoisotopic (exact) mass is 222 g/mol. The molecule has 0 saturated carbocycles. The Bertz CT molecular complexity index is 448. The molecule has 1 aromatic carbocycles. The summed E-state index contributed by atoms with van der Waals surface area (Å²) < 4.78 is 4.82. The highest BCUT2D eigenvalue weighted by Crippen LogP contribution is 2.31. The van der Waals surface area contributed by atoms with Crippen LogP contribution in [0.3, 0.4) is 0 Å². The molecule has 0 bridgehead atoms. The molecule has 0 saturated heterocycles. The smallest absolute Gasteiger partial charge is 0.328 e. The number of carboxylic acid groups (broad SMARTS) is 1. The molecular weight excluding hydrogens is 212 g/mol. The number of phenolic OH excluding ortho intramolecular Hbond substituents is 1. The Kier molecular flexibility index (Phi) is 3.66. The maximum absolute atomic E-state index is 10.8. The topological polar surface area (TPSA) is 83.8 Å². The summed E-state index contributed by atoms with van der Waals surface area (Å²) in [6.07, 6.45) is 2.55. The van der Waals surface area contributed by atoms with Gasteiger partial charge < -0.3 is 14.9 Å². The highest BCUT2D eigenvalue weighted by Gasteiger charge is 2.10. The minimum absolute atomic E-state index is 0.00292. The maximum Gasteiger partial charge on any atom is 0.328 e. The lowest BCUT2D eigenvalue weighted by atomic mass is 10.1. The molecule has 16 heavy (non-hydrogen) atoms. The predicted octanol–water partition coefficient (Wildman–Crippen LogP) is 1.31. The molecule has 0 spiro atoms. The molecule has 0 aliphatic rings. The van der Waals surface area contributed by atoms with Gasteiger partial charge in [-0.05, 0) is 17.7 Å². The number of ether oxygens (including phenoxy) is 1.